The van der Waals surface area contributed by atoms with Crippen LogP contribution in [0.15, 0.2) is 89.8 Å². The molecular formula is C27H26O6S. The highest BCUT2D eigenvalue weighted by atomic mass is 32.2. The molecule has 0 aromatic heterocycles. The first kappa shape index (κ1) is 23.1. The van der Waals surface area contributed by atoms with E-state index in [1.54, 1.807) is 24.3 Å². The normalized spacial score (nSPS) is 28.6. The van der Waals surface area contributed by atoms with E-state index >= 15 is 0 Å². The van der Waals surface area contributed by atoms with E-state index in [0.29, 0.717) is 5.56 Å². The molecule has 6 atom stereocenters. The van der Waals surface area contributed by atoms with E-state index in [4.69, 9.17) is 18.9 Å². The number of aliphatic hydroxyl groups excluding tert-OH is 1. The lowest BCUT2D eigenvalue weighted by Gasteiger charge is -2.47. The molecule has 176 valence electrons. The molecule has 34 heavy (non-hydrogen) atoms. The maximum absolute atomic E-state index is 12.9. The van der Waals surface area contributed by atoms with Gasteiger partial charge in [0, 0.05) is 10.5 Å². The number of thioether (sulfide) groups is 1. The van der Waals surface area contributed by atoms with Crippen molar-refractivity contribution in [3.05, 3.63) is 102 Å². The summed E-state index contributed by atoms with van der Waals surface area (Å²) < 4.78 is 24.2. The first-order valence-electron chi connectivity index (χ1n) is 11.2. The molecule has 2 saturated heterocycles. The molecule has 0 saturated carbocycles. The lowest BCUT2D eigenvalue weighted by Crippen LogP contribution is -2.61. The number of hydrogen-bond donors (Lipinski definition) is 1. The number of benzene rings is 3. The Morgan fingerprint density at radius 3 is 2.32 bits per heavy atom. The Kier molecular flexibility index (Phi) is 6.99. The van der Waals surface area contributed by atoms with Crippen LogP contribution in [0.1, 0.15) is 27.8 Å². The molecule has 1 N–H and O–H groups in total. The molecule has 2 heterocycles. The number of carbonyl (C=O) groups is 1. The van der Waals surface area contributed by atoms with Gasteiger partial charge in [0.1, 0.15) is 23.7 Å². The molecule has 3 aromatic carbocycles. The largest absolute Gasteiger partial charge is 0.452 e. The molecule has 0 aliphatic carbocycles. The van der Waals surface area contributed by atoms with Crippen LogP contribution in [0.5, 0.6) is 0 Å². The standard InChI is InChI=1S/C27H26O6S/c1-17-12-14-20(15-13-17)34-27-24(32-25(29)18-8-4-2-5-9-18)22(28)23-21(31-27)16-30-26(33-23)19-10-6-3-7-11-19/h2-15,21-24,26-28H,16H2,1H3/t21-,22+,23+,24-,26+,27+/m1/s1. The number of aliphatic hydroxyl groups is 1. The third kappa shape index (κ3) is 5.04. The number of ether oxygens (including phenoxy) is 4. The quantitative estimate of drug-likeness (QED) is 0.541. The maximum atomic E-state index is 12.9. The summed E-state index contributed by atoms with van der Waals surface area (Å²) in [5.41, 5.74) is 1.77. The highest BCUT2D eigenvalue weighted by Gasteiger charge is 2.51. The van der Waals surface area contributed by atoms with Gasteiger partial charge in [0.05, 0.1) is 12.2 Å². The monoisotopic (exact) mass is 478 g/mol. The minimum absolute atomic E-state index is 0.256. The first-order chi connectivity index (χ1) is 16.6. The molecule has 0 spiro atoms. The Hall–Kier alpha value is -2.68. The van der Waals surface area contributed by atoms with Gasteiger partial charge < -0.3 is 24.1 Å². The Balaban J connectivity index is 1.38. The number of hydrogen-bond acceptors (Lipinski definition) is 7. The van der Waals surface area contributed by atoms with Gasteiger partial charge in [-0.1, -0.05) is 78.0 Å². The molecule has 2 aliphatic rings. The predicted molar refractivity (Wildman–Crippen MR) is 127 cm³/mol. The van der Waals surface area contributed by atoms with Gasteiger partial charge in [0.15, 0.2) is 12.4 Å². The van der Waals surface area contributed by atoms with Crippen molar-refractivity contribution < 1.29 is 28.8 Å². The molecule has 2 aliphatic heterocycles. The zero-order valence-electron chi connectivity index (χ0n) is 18.7. The Labute approximate surface area is 202 Å². The lowest BCUT2D eigenvalue weighted by atomic mass is 9.98. The van der Waals surface area contributed by atoms with Gasteiger partial charge in [0.25, 0.3) is 0 Å². The minimum atomic E-state index is -1.09. The van der Waals surface area contributed by atoms with Gasteiger partial charge in [-0.15, -0.1) is 0 Å². The zero-order valence-corrected chi connectivity index (χ0v) is 19.5. The summed E-state index contributed by atoms with van der Waals surface area (Å²) in [5, 5.41) is 11.4. The van der Waals surface area contributed by atoms with Crippen LogP contribution in [0.2, 0.25) is 0 Å². The average molecular weight is 479 g/mol. The molecule has 2 fully saturated rings. The van der Waals surface area contributed by atoms with Crippen LogP contribution in [0, 0.1) is 6.92 Å². The Bertz CT molecular complexity index is 1090. The third-order valence-electron chi connectivity index (χ3n) is 5.91. The van der Waals surface area contributed by atoms with Crippen molar-refractivity contribution in [2.45, 2.75) is 48.0 Å². The second-order valence-corrected chi connectivity index (χ2v) is 9.55. The van der Waals surface area contributed by atoms with Crippen LogP contribution >= 0.6 is 11.8 Å². The Morgan fingerprint density at radius 1 is 0.941 bits per heavy atom. The molecule has 3 aromatic rings. The van der Waals surface area contributed by atoms with E-state index < -0.39 is 42.1 Å². The topological polar surface area (TPSA) is 74.2 Å². The van der Waals surface area contributed by atoms with E-state index in [-0.39, 0.29) is 6.61 Å². The van der Waals surface area contributed by atoms with Crippen LogP contribution in [-0.2, 0) is 18.9 Å². The molecule has 0 bridgehead atoms. The van der Waals surface area contributed by atoms with Gasteiger partial charge in [-0.2, -0.15) is 0 Å². The number of rotatable bonds is 5. The Morgan fingerprint density at radius 2 is 1.62 bits per heavy atom. The van der Waals surface area contributed by atoms with E-state index in [1.165, 1.54) is 11.8 Å². The number of fused-ring (bicyclic) bond motifs is 1. The second kappa shape index (κ2) is 10.3. The lowest BCUT2D eigenvalue weighted by molar-refractivity contribution is -0.317. The van der Waals surface area contributed by atoms with Gasteiger partial charge in [-0.05, 0) is 31.2 Å². The second-order valence-electron chi connectivity index (χ2n) is 8.38. The number of aryl methyl sites for hydroxylation is 1. The summed E-state index contributed by atoms with van der Waals surface area (Å²) >= 11 is 1.40. The molecule has 6 nitrogen and oxygen atoms in total. The van der Waals surface area contributed by atoms with Crippen LogP contribution in [0.4, 0.5) is 0 Å². The van der Waals surface area contributed by atoms with Crippen LogP contribution in [-0.4, -0.2) is 47.5 Å². The fraction of sp³-hybridized carbons (Fsp3) is 0.296. The summed E-state index contributed by atoms with van der Waals surface area (Å²) in [4.78, 5) is 13.8. The van der Waals surface area contributed by atoms with E-state index in [9.17, 15) is 9.90 Å². The van der Waals surface area contributed by atoms with Gasteiger partial charge >= 0.3 is 5.97 Å². The van der Waals surface area contributed by atoms with Crippen LogP contribution in [0.3, 0.4) is 0 Å². The van der Waals surface area contributed by atoms with Crippen molar-refractivity contribution >= 4 is 17.7 Å². The van der Waals surface area contributed by atoms with E-state index in [2.05, 4.69) is 0 Å². The van der Waals surface area contributed by atoms with Crippen molar-refractivity contribution in [1.29, 1.82) is 0 Å². The molecule has 0 radical (unpaired) electrons. The van der Waals surface area contributed by atoms with Crippen LogP contribution < -0.4 is 0 Å². The highest BCUT2D eigenvalue weighted by Crippen LogP contribution is 2.40. The summed E-state index contributed by atoms with van der Waals surface area (Å²) in [7, 11) is 0. The zero-order chi connectivity index (χ0) is 23.5. The van der Waals surface area contributed by atoms with Crippen molar-refractivity contribution in [2.24, 2.45) is 0 Å². The number of esters is 1. The summed E-state index contributed by atoms with van der Waals surface area (Å²) in [6.07, 6.45) is -3.86. The van der Waals surface area contributed by atoms with Crippen molar-refractivity contribution in [3.8, 4) is 0 Å². The van der Waals surface area contributed by atoms with Crippen molar-refractivity contribution in [3.63, 3.8) is 0 Å². The van der Waals surface area contributed by atoms with Crippen molar-refractivity contribution in [1.82, 2.24) is 0 Å². The molecule has 0 amide bonds. The molecule has 5 rings (SSSR count). The average Bonchev–Trinajstić information content (AvgIpc) is 2.88. The highest BCUT2D eigenvalue weighted by molar-refractivity contribution is 7.99. The first-order valence-corrected chi connectivity index (χ1v) is 12.1. The van der Waals surface area contributed by atoms with Crippen LogP contribution in [0.25, 0.3) is 0 Å². The predicted octanol–water partition coefficient (Wildman–Crippen LogP) is 4.51. The van der Waals surface area contributed by atoms with Crippen molar-refractivity contribution in [2.75, 3.05) is 6.61 Å². The fourth-order valence-corrected chi connectivity index (χ4v) is 5.19. The molecule has 7 heteroatoms. The van der Waals surface area contributed by atoms with Gasteiger partial charge in [-0.3, -0.25) is 0 Å². The molecular weight excluding hydrogens is 452 g/mol. The summed E-state index contributed by atoms with van der Waals surface area (Å²) in [6, 6.07) is 26.2. The summed E-state index contributed by atoms with van der Waals surface area (Å²) in [5.74, 6) is -0.520. The third-order valence-corrected chi connectivity index (χ3v) is 7.06. The minimum Gasteiger partial charge on any atom is -0.452 e. The van der Waals surface area contributed by atoms with Gasteiger partial charge in [0.2, 0.25) is 0 Å². The molecule has 0 unspecified atom stereocenters. The van der Waals surface area contributed by atoms with E-state index in [1.807, 2.05) is 67.6 Å². The summed E-state index contributed by atoms with van der Waals surface area (Å²) in [6.45, 7) is 2.27. The fourth-order valence-electron chi connectivity index (χ4n) is 4.08. The SMILES string of the molecule is Cc1ccc(S[C@@H]2O[C@@H]3CO[C@H](c4ccccc4)O[C@@H]3[C@H](O)[C@H]2OC(=O)c2ccccc2)cc1. The smallest absolute Gasteiger partial charge is 0.338 e. The number of carbonyl (C=O) groups excluding carboxylic acids is 1. The van der Waals surface area contributed by atoms with Gasteiger partial charge in [-0.25, -0.2) is 4.79 Å². The van der Waals surface area contributed by atoms with E-state index in [0.717, 1.165) is 16.0 Å². The maximum Gasteiger partial charge on any atom is 0.338 e.